The molecule has 0 fully saturated rings. The Hall–Kier alpha value is -2.75. The van der Waals surface area contributed by atoms with Gasteiger partial charge in [0.25, 0.3) is 0 Å². The van der Waals surface area contributed by atoms with Crippen LogP contribution in [0, 0.1) is 0 Å². The molecule has 0 atom stereocenters. The van der Waals surface area contributed by atoms with Gasteiger partial charge in [0.15, 0.2) is 17.3 Å². The summed E-state index contributed by atoms with van der Waals surface area (Å²) in [6.07, 6.45) is 26.8. The second-order valence-corrected chi connectivity index (χ2v) is 10.9. The molecule has 0 unspecified atom stereocenters. The van der Waals surface area contributed by atoms with Crippen molar-refractivity contribution in [1.29, 1.82) is 0 Å². The van der Waals surface area contributed by atoms with Crippen molar-refractivity contribution < 1.29 is 19.0 Å². The highest BCUT2D eigenvalue weighted by Gasteiger charge is 2.17. The maximum Gasteiger partial charge on any atom is 0.189 e. The molecule has 2 aromatic rings. The van der Waals surface area contributed by atoms with Crippen molar-refractivity contribution in [2.45, 2.75) is 116 Å². The first-order valence-electron chi connectivity index (χ1n) is 15.7. The van der Waals surface area contributed by atoms with Crippen LogP contribution in [0.15, 0.2) is 42.5 Å². The number of carbonyl (C=O) groups is 1. The van der Waals surface area contributed by atoms with Gasteiger partial charge in [-0.05, 0) is 36.1 Å². The number of rotatable bonds is 23. The molecule has 0 N–H and O–H groups in total. The van der Waals surface area contributed by atoms with Crippen molar-refractivity contribution in [2.24, 2.45) is 0 Å². The molecule has 0 radical (unpaired) electrons. The van der Waals surface area contributed by atoms with E-state index in [1.165, 1.54) is 115 Å². The Labute approximate surface area is 244 Å². The van der Waals surface area contributed by atoms with E-state index in [-0.39, 0.29) is 5.78 Å². The van der Waals surface area contributed by atoms with Crippen LogP contribution in [0.2, 0.25) is 0 Å². The lowest BCUT2D eigenvalue weighted by Gasteiger charge is -2.13. The summed E-state index contributed by atoms with van der Waals surface area (Å²) >= 11 is 0. The zero-order valence-electron chi connectivity index (χ0n) is 25.8. The summed E-state index contributed by atoms with van der Waals surface area (Å²) in [6.45, 7) is 2.29. The van der Waals surface area contributed by atoms with Crippen LogP contribution in [0.3, 0.4) is 0 Å². The van der Waals surface area contributed by atoms with Crippen LogP contribution in [0.1, 0.15) is 131 Å². The van der Waals surface area contributed by atoms with Crippen LogP contribution in [-0.2, 0) is 6.42 Å². The standard InChI is InChI=1S/C36H54O4/c1-5-6-7-8-9-10-11-12-13-14-15-16-17-18-19-20-21-30-22-24-31(25-23-30)26-27-34(37)33-28-32(38-2)29-35(39-3)36(33)40-4/h22-29H,5-21H2,1-4H3. The van der Waals surface area contributed by atoms with E-state index in [1.807, 2.05) is 6.08 Å². The molecule has 0 heterocycles. The number of allylic oxidation sites excluding steroid dienone is 1. The molecule has 0 spiro atoms. The molecule has 2 rings (SSSR count). The number of hydrogen-bond donors (Lipinski definition) is 0. The SMILES string of the molecule is CCCCCCCCCCCCCCCCCCc1ccc(C=CC(=O)c2cc(OC)cc(OC)c2OC)cc1. The fraction of sp³-hybridized carbons (Fsp3) is 0.583. The van der Waals surface area contributed by atoms with Gasteiger partial charge in [-0.3, -0.25) is 4.79 Å². The first kappa shape index (κ1) is 33.5. The van der Waals surface area contributed by atoms with E-state index in [1.54, 1.807) is 32.4 Å². The average Bonchev–Trinajstić information content (AvgIpc) is 2.99. The Bertz CT molecular complexity index is 977. The van der Waals surface area contributed by atoms with Crippen molar-refractivity contribution in [3.05, 3.63) is 59.2 Å². The van der Waals surface area contributed by atoms with Gasteiger partial charge in [0.1, 0.15) is 5.75 Å². The molecular formula is C36H54O4. The molecule has 2 aromatic carbocycles. The van der Waals surface area contributed by atoms with Crippen molar-refractivity contribution in [3.8, 4) is 17.2 Å². The highest BCUT2D eigenvalue weighted by molar-refractivity contribution is 6.09. The van der Waals surface area contributed by atoms with E-state index in [0.29, 0.717) is 22.8 Å². The molecule has 0 bridgehead atoms. The lowest BCUT2D eigenvalue weighted by molar-refractivity contribution is 0.104. The zero-order valence-corrected chi connectivity index (χ0v) is 25.8. The van der Waals surface area contributed by atoms with Crippen LogP contribution in [0.4, 0.5) is 0 Å². The third-order valence-corrected chi connectivity index (χ3v) is 7.68. The van der Waals surface area contributed by atoms with Crippen molar-refractivity contribution >= 4 is 11.9 Å². The number of ether oxygens (including phenoxy) is 3. The Balaban J connectivity index is 1.59. The molecular weight excluding hydrogens is 496 g/mol. The minimum Gasteiger partial charge on any atom is -0.497 e. The number of hydrogen-bond acceptors (Lipinski definition) is 4. The van der Waals surface area contributed by atoms with Crippen LogP contribution in [0.25, 0.3) is 6.08 Å². The largest absolute Gasteiger partial charge is 0.497 e. The van der Waals surface area contributed by atoms with Crippen LogP contribution < -0.4 is 14.2 Å². The third kappa shape index (κ3) is 13.1. The van der Waals surface area contributed by atoms with Gasteiger partial charge < -0.3 is 14.2 Å². The Morgan fingerprint density at radius 2 is 1.18 bits per heavy atom. The Morgan fingerprint density at radius 3 is 1.65 bits per heavy atom. The van der Waals surface area contributed by atoms with Crippen molar-refractivity contribution in [1.82, 2.24) is 0 Å². The molecule has 0 aliphatic heterocycles. The van der Waals surface area contributed by atoms with Gasteiger partial charge in [0, 0.05) is 6.07 Å². The second kappa shape index (κ2) is 21.1. The molecule has 222 valence electrons. The molecule has 4 heteroatoms. The van der Waals surface area contributed by atoms with Gasteiger partial charge in [-0.1, -0.05) is 134 Å². The minimum atomic E-state index is -0.161. The molecule has 0 aliphatic carbocycles. The fourth-order valence-corrected chi connectivity index (χ4v) is 5.17. The fourth-order valence-electron chi connectivity index (χ4n) is 5.17. The van der Waals surface area contributed by atoms with Crippen LogP contribution in [0.5, 0.6) is 17.2 Å². The van der Waals surface area contributed by atoms with Crippen LogP contribution in [-0.4, -0.2) is 27.1 Å². The van der Waals surface area contributed by atoms with E-state index < -0.39 is 0 Å². The summed E-state index contributed by atoms with van der Waals surface area (Å²) in [6, 6.07) is 11.9. The van der Waals surface area contributed by atoms with E-state index in [9.17, 15) is 4.79 Å². The van der Waals surface area contributed by atoms with Crippen LogP contribution >= 0.6 is 0 Å². The number of methoxy groups -OCH3 is 3. The number of aryl methyl sites for hydroxylation is 1. The normalized spacial score (nSPS) is 11.2. The lowest BCUT2D eigenvalue weighted by Crippen LogP contribution is -2.02. The van der Waals surface area contributed by atoms with Crippen molar-refractivity contribution in [3.63, 3.8) is 0 Å². The lowest BCUT2D eigenvalue weighted by atomic mass is 10.0. The summed E-state index contributed by atoms with van der Waals surface area (Å²) in [7, 11) is 4.64. The average molecular weight is 551 g/mol. The monoisotopic (exact) mass is 550 g/mol. The highest BCUT2D eigenvalue weighted by atomic mass is 16.5. The van der Waals surface area contributed by atoms with Gasteiger partial charge in [-0.25, -0.2) is 0 Å². The minimum absolute atomic E-state index is 0.161. The summed E-state index contributed by atoms with van der Waals surface area (Å²) in [5, 5.41) is 0. The quantitative estimate of drug-likeness (QED) is 0.0784. The maximum atomic E-state index is 12.9. The predicted octanol–water partition coefficient (Wildman–Crippen LogP) is 10.4. The molecule has 0 saturated heterocycles. The molecule has 0 aliphatic rings. The third-order valence-electron chi connectivity index (χ3n) is 7.68. The van der Waals surface area contributed by atoms with E-state index in [0.717, 1.165) is 12.0 Å². The Kier molecular flexibility index (Phi) is 17.6. The summed E-state index contributed by atoms with van der Waals surface area (Å²) in [4.78, 5) is 12.9. The number of carbonyl (C=O) groups excluding carboxylic acids is 1. The molecule has 0 amide bonds. The summed E-state index contributed by atoms with van der Waals surface area (Å²) in [5.41, 5.74) is 2.76. The van der Waals surface area contributed by atoms with E-state index in [2.05, 4.69) is 31.2 Å². The van der Waals surface area contributed by atoms with Crippen molar-refractivity contribution in [2.75, 3.05) is 21.3 Å². The maximum absolute atomic E-state index is 12.9. The van der Waals surface area contributed by atoms with Gasteiger partial charge in [-0.2, -0.15) is 0 Å². The first-order chi connectivity index (χ1) is 19.6. The molecule has 0 aromatic heterocycles. The summed E-state index contributed by atoms with van der Waals surface area (Å²) < 4.78 is 16.1. The number of benzene rings is 2. The summed E-state index contributed by atoms with van der Waals surface area (Å²) in [5.74, 6) is 1.27. The Morgan fingerprint density at radius 1 is 0.650 bits per heavy atom. The van der Waals surface area contributed by atoms with E-state index in [4.69, 9.17) is 14.2 Å². The van der Waals surface area contributed by atoms with Gasteiger partial charge in [0.2, 0.25) is 0 Å². The van der Waals surface area contributed by atoms with Gasteiger partial charge in [0.05, 0.1) is 26.9 Å². The second-order valence-electron chi connectivity index (χ2n) is 10.9. The van der Waals surface area contributed by atoms with Gasteiger partial charge in [-0.15, -0.1) is 0 Å². The molecule has 4 nitrogen and oxygen atoms in total. The molecule has 40 heavy (non-hydrogen) atoms. The smallest absolute Gasteiger partial charge is 0.189 e. The van der Waals surface area contributed by atoms with Gasteiger partial charge >= 0.3 is 0 Å². The first-order valence-corrected chi connectivity index (χ1v) is 15.7. The number of ketones is 1. The number of unbranched alkanes of at least 4 members (excludes halogenated alkanes) is 15. The highest BCUT2D eigenvalue weighted by Crippen LogP contribution is 2.36. The zero-order chi connectivity index (χ0) is 28.8. The topological polar surface area (TPSA) is 44.8 Å². The molecule has 0 saturated carbocycles. The predicted molar refractivity (Wildman–Crippen MR) is 169 cm³/mol. The van der Waals surface area contributed by atoms with E-state index >= 15 is 0 Å².